The lowest BCUT2D eigenvalue weighted by Gasteiger charge is -1.98. The number of aromatic hydroxyl groups is 2. The van der Waals surface area contributed by atoms with Crippen LogP contribution in [0.3, 0.4) is 0 Å². The summed E-state index contributed by atoms with van der Waals surface area (Å²) in [5.41, 5.74) is 1.43. The lowest BCUT2D eigenvalue weighted by atomic mass is 10.2. The number of methoxy groups -OCH3 is 1. The van der Waals surface area contributed by atoms with E-state index in [1.54, 1.807) is 19.4 Å². The van der Waals surface area contributed by atoms with Crippen molar-refractivity contribution < 1.29 is 14.9 Å². The molecule has 0 bridgehead atoms. The zero-order chi connectivity index (χ0) is 17.1. The van der Waals surface area contributed by atoms with E-state index in [1.165, 1.54) is 22.3 Å². The van der Waals surface area contributed by atoms with Gasteiger partial charge in [-0.3, -0.25) is 4.98 Å². The lowest BCUT2D eigenvalue weighted by Crippen LogP contribution is -2.23. The van der Waals surface area contributed by atoms with Gasteiger partial charge in [-0.25, -0.2) is 9.98 Å². The molecule has 0 fully saturated rings. The van der Waals surface area contributed by atoms with Crippen molar-refractivity contribution in [2.45, 2.75) is 5.16 Å². The van der Waals surface area contributed by atoms with Crippen molar-refractivity contribution in [1.82, 2.24) is 24.6 Å². The largest absolute Gasteiger partial charge is 0.494 e. The molecule has 0 unspecified atom stereocenters. The Hall–Kier alpha value is -2.59. The number of fused-ring (bicyclic) bond motifs is 1. The summed E-state index contributed by atoms with van der Waals surface area (Å²) >= 11 is 1.40. The molecule has 3 rings (SSSR count). The number of aromatic amines is 1. The molecule has 3 aromatic rings. The summed E-state index contributed by atoms with van der Waals surface area (Å²) in [5.74, 6) is -0.249. The molecule has 10 heteroatoms. The van der Waals surface area contributed by atoms with Crippen molar-refractivity contribution in [3.8, 4) is 11.8 Å². The summed E-state index contributed by atoms with van der Waals surface area (Å²) in [6, 6.07) is 1.42. The molecule has 24 heavy (non-hydrogen) atoms. The molecule has 126 valence electrons. The first-order chi connectivity index (χ1) is 11.6. The van der Waals surface area contributed by atoms with Crippen LogP contribution in [0.5, 0.6) is 11.8 Å². The fraction of sp³-hybridized carbons (Fsp3) is 0.286. The van der Waals surface area contributed by atoms with Crippen molar-refractivity contribution in [3.63, 3.8) is 0 Å². The molecule has 3 aromatic heterocycles. The van der Waals surface area contributed by atoms with E-state index < -0.39 is 0 Å². The number of hydrogen-bond donors (Lipinski definition) is 3. The predicted octanol–water partition coefficient (Wildman–Crippen LogP) is -0.320. The number of H-pyrrole nitrogens is 1. The minimum absolute atomic E-state index is 0.120. The number of nitrogens with zero attached hydrogens (tertiary/aromatic N) is 5. The van der Waals surface area contributed by atoms with Gasteiger partial charge in [-0.1, -0.05) is 11.8 Å². The standard InChI is InChI=1S/C14H16N6O3S/c1-23-4-3-15-13-19-14(24-2)18-11-9(7-16-20(11)13)5-8-6-10(21)17-12(8)22/h5-7,17,21-22H,3-4H2,1-2H3. The number of rotatable bonds is 5. The molecule has 0 aliphatic carbocycles. The summed E-state index contributed by atoms with van der Waals surface area (Å²) in [7, 11) is 1.61. The normalized spacial score (nSPS) is 13.2. The van der Waals surface area contributed by atoms with Crippen LogP contribution in [-0.2, 0) is 4.74 Å². The summed E-state index contributed by atoms with van der Waals surface area (Å²) < 4.78 is 6.53. The fourth-order valence-corrected chi connectivity index (χ4v) is 2.47. The third kappa shape index (κ3) is 3.19. The zero-order valence-corrected chi connectivity index (χ0v) is 13.9. The molecule has 0 amide bonds. The average Bonchev–Trinajstić information content (AvgIpc) is 3.11. The highest BCUT2D eigenvalue weighted by Crippen LogP contribution is 2.21. The third-order valence-electron chi connectivity index (χ3n) is 3.21. The molecule has 0 saturated carbocycles. The van der Waals surface area contributed by atoms with E-state index in [0.717, 1.165) is 0 Å². The van der Waals surface area contributed by atoms with Gasteiger partial charge in [-0.2, -0.15) is 14.6 Å². The minimum atomic E-state index is -0.129. The number of nitrogens with one attached hydrogen (secondary N) is 1. The third-order valence-corrected chi connectivity index (χ3v) is 3.76. The number of thioether (sulfide) groups is 1. The van der Waals surface area contributed by atoms with Crippen molar-refractivity contribution in [2.75, 3.05) is 26.5 Å². The second-order valence-corrected chi connectivity index (χ2v) is 5.60. The molecule has 3 N–H and O–H groups in total. The first-order valence-corrected chi connectivity index (χ1v) is 8.26. The van der Waals surface area contributed by atoms with Crippen LogP contribution in [0.4, 0.5) is 0 Å². The molecule has 0 spiro atoms. The summed E-state index contributed by atoms with van der Waals surface area (Å²) in [5, 5.41) is 24.7. The Morgan fingerprint density at radius 2 is 2.25 bits per heavy atom. The van der Waals surface area contributed by atoms with Crippen LogP contribution in [0.2, 0.25) is 0 Å². The fourth-order valence-electron chi connectivity index (χ4n) is 2.12. The smallest absolute Gasteiger partial charge is 0.250 e. The first kappa shape index (κ1) is 16.3. The van der Waals surface area contributed by atoms with Gasteiger partial charge in [-0.05, 0) is 12.3 Å². The number of ether oxygens (including phenoxy) is 1. The molecule has 0 aliphatic rings. The van der Waals surface area contributed by atoms with Gasteiger partial charge in [0.15, 0.2) is 22.6 Å². The van der Waals surface area contributed by atoms with E-state index in [4.69, 9.17) is 4.74 Å². The van der Waals surface area contributed by atoms with Gasteiger partial charge >= 0.3 is 0 Å². The Labute approximate surface area is 140 Å². The lowest BCUT2D eigenvalue weighted by molar-refractivity contribution is 0.207. The second-order valence-electron chi connectivity index (χ2n) is 4.82. The molecular formula is C14H16N6O3S. The summed E-state index contributed by atoms with van der Waals surface area (Å²) in [6.45, 7) is 0.943. The Morgan fingerprint density at radius 1 is 1.42 bits per heavy atom. The number of aromatic nitrogens is 5. The maximum Gasteiger partial charge on any atom is 0.250 e. The predicted molar refractivity (Wildman–Crippen MR) is 87.8 cm³/mol. The maximum atomic E-state index is 9.76. The average molecular weight is 348 g/mol. The van der Waals surface area contributed by atoms with Crippen LogP contribution < -0.4 is 10.8 Å². The molecular weight excluding hydrogens is 332 g/mol. The molecule has 3 heterocycles. The Morgan fingerprint density at radius 3 is 2.92 bits per heavy atom. The highest BCUT2D eigenvalue weighted by atomic mass is 32.2. The SMILES string of the molecule is COCCN=c1nc(SC)nc2c(=Cc3cc(O)[nH]c3O)cnn12. The Kier molecular flexibility index (Phi) is 4.67. The van der Waals surface area contributed by atoms with E-state index in [9.17, 15) is 10.2 Å². The summed E-state index contributed by atoms with van der Waals surface area (Å²) in [4.78, 5) is 15.6. The molecule has 0 saturated heterocycles. The van der Waals surface area contributed by atoms with E-state index in [1.807, 2.05) is 6.26 Å². The van der Waals surface area contributed by atoms with Crippen LogP contribution in [0.25, 0.3) is 11.7 Å². The highest BCUT2D eigenvalue weighted by Gasteiger charge is 2.08. The number of hydrogen-bond acceptors (Lipinski definition) is 8. The van der Waals surface area contributed by atoms with Gasteiger partial charge in [0.2, 0.25) is 5.62 Å². The Balaban J connectivity index is 2.19. The van der Waals surface area contributed by atoms with Gasteiger partial charge in [0.1, 0.15) is 0 Å². The van der Waals surface area contributed by atoms with Crippen molar-refractivity contribution in [2.24, 2.45) is 4.99 Å². The summed E-state index contributed by atoms with van der Waals surface area (Å²) in [6.07, 6.45) is 5.15. The highest BCUT2D eigenvalue weighted by molar-refractivity contribution is 7.98. The molecule has 9 nitrogen and oxygen atoms in total. The molecule has 0 atom stereocenters. The van der Waals surface area contributed by atoms with Gasteiger partial charge in [0.25, 0.3) is 0 Å². The van der Waals surface area contributed by atoms with Crippen LogP contribution in [0.15, 0.2) is 22.4 Å². The van der Waals surface area contributed by atoms with Crippen molar-refractivity contribution in [3.05, 3.63) is 28.7 Å². The first-order valence-electron chi connectivity index (χ1n) is 7.04. The van der Waals surface area contributed by atoms with Gasteiger partial charge < -0.3 is 14.9 Å². The van der Waals surface area contributed by atoms with Crippen LogP contribution >= 0.6 is 11.8 Å². The maximum absolute atomic E-state index is 9.76. The van der Waals surface area contributed by atoms with Crippen LogP contribution in [-0.4, -0.2) is 61.3 Å². The molecule has 0 radical (unpaired) electrons. The minimum Gasteiger partial charge on any atom is -0.494 e. The van der Waals surface area contributed by atoms with Crippen LogP contribution in [0, 0.1) is 0 Å². The van der Waals surface area contributed by atoms with E-state index in [-0.39, 0.29) is 11.8 Å². The van der Waals surface area contributed by atoms with E-state index in [0.29, 0.717) is 40.4 Å². The van der Waals surface area contributed by atoms with E-state index in [2.05, 4.69) is 25.0 Å². The zero-order valence-electron chi connectivity index (χ0n) is 13.1. The quantitative estimate of drug-likeness (QED) is 0.427. The van der Waals surface area contributed by atoms with E-state index >= 15 is 0 Å². The second kappa shape index (κ2) is 6.89. The van der Waals surface area contributed by atoms with Gasteiger partial charge in [0, 0.05) is 24.0 Å². The van der Waals surface area contributed by atoms with Gasteiger partial charge in [-0.15, -0.1) is 0 Å². The monoisotopic (exact) mass is 348 g/mol. The van der Waals surface area contributed by atoms with Crippen LogP contribution in [0.1, 0.15) is 5.56 Å². The van der Waals surface area contributed by atoms with Crippen molar-refractivity contribution >= 4 is 23.5 Å². The Bertz CT molecular complexity index is 980. The molecule has 0 aliphatic heterocycles. The molecule has 0 aromatic carbocycles. The topological polar surface area (TPSA) is 121 Å². The van der Waals surface area contributed by atoms with Gasteiger partial charge in [0.05, 0.1) is 19.3 Å². The van der Waals surface area contributed by atoms with Crippen molar-refractivity contribution in [1.29, 1.82) is 0 Å².